The molecule has 1 aromatic heterocycles. The van der Waals surface area contributed by atoms with Gasteiger partial charge in [0.15, 0.2) is 0 Å². The zero-order valence-electron chi connectivity index (χ0n) is 15.4. The molecule has 0 saturated carbocycles. The highest BCUT2D eigenvalue weighted by Gasteiger charge is 2.14. The van der Waals surface area contributed by atoms with Crippen LogP contribution < -0.4 is 0 Å². The standard InChI is InChI=1S/C24H24N2O/c1-3-10-20(11-4-1)12-9-17-27-24(21-13-5-2-6-14-21)18-26-19-25-22-15-7-8-16-23(22)26/h1-8,10-11,13-16,19,24H,9,12,17-18H2. The summed E-state index contributed by atoms with van der Waals surface area (Å²) in [6, 6.07) is 29.3. The first-order valence-corrected chi connectivity index (χ1v) is 9.50. The number of imidazole rings is 1. The summed E-state index contributed by atoms with van der Waals surface area (Å²) in [5.41, 5.74) is 4.73. The van der Waals surface area contributed by atoms with Crippen molar-refractivity contribution in [3.63, 3.8) is 0 Å². The first kappa shape index (κ1) is 17.5. The first-order valence-electron chi connectivity index (χ1n) is 9.50. The number of aromatic nitrogens is 2. The van der Waals surface area contributed by atoms with E-state index in [0.717, 1.165) is 37.0 Å². The van der Waals surface area contributed by atoms with E-state index in [1.54, 1.807) is 0 Å². The van der Waals surface area contributed by atoms with E-state index in [9.17, 15) is 0 Å². The number of para-hydroxylation sites is 2. The van der Waals surface area contributed by atoms with E-state index < -0.39 is 0 Å². The Hall–Kier alpha value is -2.91. The van der Waals surface area contributed by atoms with Crippen LogP contribution in [0.25, 0.3) is 11.0 Å². The molecule has 0 aliphatic rings. The van der Waals surface area contributed by atoms with Gasteiger partial charge in [0.25, 0.3) is 0 Å². The zero-order chi connectivity index (χ0) is 18.3. The van der Waals surface area contributed by atoms with Crippen molar-refractivity contribution >= 4 is 11.0 Å². The van der Waals surface area contributed by atoms with Gasteiger partial charge < -0.3 is 9.30 Å². The molecule has 1 heterocycles. The molecule has 136 valence electrons. The van der Waals surface area contributed by atoms with Crippen molar-refractivity contribution in [3.05, 3.63) is 102 Å². The Morgan fingerprint density at radius 2 is 1.52 bits per heavy atom. The van der Waals surface area contributed by atoms with Gasteiger partial charge in [-0.15, -0.1) is 0 Å². The maximum atomic E-state index is 6.32. The topological polar surface area (TPSA) is 27.1 Å². The number of fused-ring (bicyclic) bond motifs is 1. The second-order valence-corrected chi connectivity index (χ2v) is 6.74. The molecule has 4 rings (SSSR count). The van der Waals surface area contributed by atoms with E-state index in [-0.39, 0.29) is 6.10 Å². The van der Waals surface area contributed by atoms with Crippen molar-refractivity contribution in [2.45, 2.75) is 25.5 Å². The van der Waals surface area contributed by atoms with Crippen LogP contribution in [0.5, 0.6) is 0 Å². The lowest BCUT2D eigenvalue weighted by molar-refractivity contribution is 0.0398. The summed E-state index contributed by atoms with van der Waals surface area (Å²) < 4.78 is 8.51. The summed E-state index contributed by atoms with van der Waals surface area (Å²) in [6.07, 6.45) is 3.97. The molecule has 4 aromatic rings. The van der Waals surface area contributed by atoms with Gasteiger partial charge in [0.1, 0.15) is 6.10 Å². The molecule has 0 amide bonds. The van der Waals surface area contributed by atoms with E-state index in [4.69, 9.17) is 4.74 Å². The van der Waals surface area contributed by atoms with Gasteiger partial charge in [-0.1, -0.05) is 72.8 Å². The SMILES string of the molecule is c1ccc(CCCOC(Cn2cnc3ccccc32)c2ccccc2)cc1. The molecular weight excluding hydrogens is 332 g/mol. The second-order valence-electron chi connectivity index (χ2n) is 6.74. The van der Waals surface area contributed by atoms with E-state index in [1.165, 1.54) is 11.1 Å². The van der Waals surface area contributed by atoms with Crippen LogP contribution >= 0.6 is 0 Å². The van der Waals surface area contributed by atoms with Crippen LogP contribution in [0, 0.1) is 0 Å². The van der Waals surface area contributed by atoms with Gasteiger partial charge in [0, 0.05) is 6.61 Å². The number of rotatable bonds is 8. The molecule has 3 aromatic carbocycles. The number of aryl methyl sites for hydroxylation is 1. The molecule has 0 fully saturated rings. The molecule has 0 N–H and O–H groups in total. The maximum absolute atomic E-state index is 6.32. The summed E-state index contributed by atoms with van der Waals surface area (Å²) in [4.78, 5) is 4.51. The van der Waals surface area contributed by atoms with Crippen molar-refractivity contribution < 1.29 is 4.74 Å². The van der Waals surface area contributed by atoms with Gasteiger partial charge in [0.2, 0.25) is 0 Å². The Kier molecular flexibility index (Phi) is 5.61. The maximum Gasteiger partial charge on any atom is 0.100 e. The average molecular weight is 356 g/mol. The normalized spacial score (nSPS) is 12.3. The Bertz CT molecular complexity index is 963. The first-order chi connectivity index (χ1) is 13.4. The third kappa shape index (κ3) is 4.44. The minimum Gasteiger partial charge on any atom is -0.372 e. The molecule has 0 aliphatic heterocycles. The van der Waals surface area contributed by atoms with Crippen LogP contribution in [0.15, 0.2) is 91.3 Å². The molecule has 0 bridgehead atoms. The van der Waals surface area contributed by atoms with Crippen molar-refractivity contribution in [3.8, 4) is 0 Å². The highest BCUT2D eigenvalue weighted by Crippen LogP contribution is 2.22. The van der Waals surface area contributed by atoms with Gasteiger partial charge >= 0.3 is 0 Å². The largest absolute Gasteiger partial charge is 0.372 e. The lowest BCUT2D eigenvalue weighted by Crippen LogP contribution is -2.13. The van der Waals surface area contributed by atoms with E-state index in [2.05, 4.69) is 76.3 Å². The number of hydrogen-bond donors (Lipinski definition) is 0. The second kappa shape index (κ2) is 8.65. The smallest absolute Gasteiger partial charge is 0.100 e. The minimum atomic E-state index is 0.0135. The third-order valence-electron chi connectivity index (χ3n) is 4.83. The van der Waals surface area contributed by atoms with Crippen LogP contribution in [0.3, 0.4) is 0 Å². The number of hydrogen-bond acceptors (Lipinski definition) is 2. The van der Waals surface area contributed by atoms with Crippen LogP contribution in [0.2, 0.25) is 0 Å². The molecule has 27 heavy (non-hydrogen) atoms. The Balaban J connectivity index is 1.44. The Morgan fingerprint density at radius 1 is 0.815 bits per heavy atom. The van der Waals surface area contributed by atoms with Crippen molar-refractivity contribution in [2.75, 3.05) is 6.61 Å². The highest BCUT2D eigenvalue weighted by atomic mass is 16.5. The van der Waals surface area contributed by atoms with E-state index in [1.807, 2.05) is 24.5 Å². The fourth-order valence-electron chi connectivity index (χ4n) is 3.40. The summed E-state index contributed by atoms with van der Waals surface area (Å²) >= 11 is 0. The molecule has 0 aliphatic carbocycles. The fourth-order valence-corrected chi connectivity index (χ4v) is 3.40. The molecule has 1 unspecified atom stereocenters. The van der Waals surface area contributed by atoms with Gasteiger partial charge in [-0.3, -0.25) is 0 Å². The van der Waals surface area contributed by atoms with Crippen molar-refractivity contribution in [2.24, 2.45) is 0 Å². The van der Waals surface area contributed by atoms with Crippen molar-refractivity contribution in [1.29, 1.82) is 0 Å². The van der Waals surface area contributed by atoms with Crippen LogP contribution in [0.4, 0.5) is 0 Å². The monoisotopic (exact) mass is 356 g/mol. The van der Waals surface area contributed by atoms with Crippen LogP contribution in [-0.4, -0.2) is 16.2 Å². The van der Waals surface area contributed by atoms with Crippen molar-refractivity contribution in [1.82, 2.24) is 9.55 Å². The predicted octanol–water partition coefficient (Wildman–Crippen LogP) is 5.43. The van der Waals surface area contributed by atoms with Crippen LogP contribution in [0.1, 0.15) is 23.7 Å². The molecule has 0 spiro atoms. The van der Waals surface area contributed by atoms with E-state index in [0.29, 0.717) is 0 Å². The van der Waals surface area contributed by atoms with Crippen LogP contribution in [-0.2, 0) is 17.7 Å². The van der Waals surface area contributed by atoms with E-state index >= 15 is 0 Å². The highest BCUT2D eigenvalue weighted by molar-refractivity contribution is 5.74. The third-order valence-corrected chi connectivity index (χ3v) is 4.83. The Morgan fingerprint density at radius 3 is 2.33 bits per heavy atom. The Labute approximate surface area is 160 Å². The predicted molar refractivity (Wildman–Crippen MR) is 110 cm³/mol. The fraction of sp³-hybridized carbons (Fsp3) is 0.208. The van der Waals surface area contributed by atoms with Gasteiger partial charge in [0.05, 0.1) is 23.9 Å². The molecule has 0 radical (unpaired) electrons. The lowest BCUT2D eigenvalue weighted by Gasteiger charge is -2.19. The summed E-state index contributed by atoms with van der Waals surface area (Å²) in [5, 5.41) is 0. The quantitative estimate of drug-likeness (QED) is 0.394. The summed E-state index contributed by atoms with van der Waals surface area (Å²) in [6.45, 7) is 1.50. The van der Waals surface area contributed by atoms with Gasteiger partial charge in [-0.2, -0.15) is 0 Å². The molecule has 3 heteroatoms. The molecule has 3 nitrogen and oxygen atoms in total. The zero-order valence-corrected chi connectivity index (χ0v) is 15.4. The summed E-state index contributed by atoms with van der Waals surface area (Å²) in [7, 11) is 0. The lowest BCUT2D eigenvalue weighted by atomic mass is 10.1. The van der Waals surface area contributed by atoms with Gasteiger partial charge in [-0.05, 0) is 36.1 Å². The minimum absolute atomic E-state index is 0.0135. The molecule has 0 saturated heterocycles. The van der Waals surface area contributed by atoms with Gasteiger partial charge in [-0.25, -0.2) is 4.98 Å². The average Bonchev–Trinajstić information content (AvgIpc) is 3.15. The number of ether oxygens (including phenoxy) is 1. The summed E-state index contributed by atoms with van der Waals surface area (Å²) in [5.74, 6) is 0. The number of benzene rings is 3. The molecular formula is C24H24N2O. The molecule has 1 atom stereocenters. The number of nitrogens with zero attached hydrogens (tertiary/aromatic N) is 2.